The van der Waals surface area contributed by atoms with Crippen LogP contribution in [0, 0.1) is 0 Å². The summed E-state index contributed by atoms with van der Waals surface area (Å²) in [5.41, 5.74) is 0. The van der Waals surface area contributed by atoms with Crippen molar-refractivity contribution in [1.82, 2.24) is 10.2 Å². The molecule has 0 bridgehead atoms. The molecule has 2 amide bonds. The maximum Gasteiger partial charge on any atom is 0.246 e. The van der Waals surface area contributed by atoms with Gasteiger partial charge in [-0.2, -0.15) is 0 Å². The van der Waals surface area contributed by atoms with Gasteiger partial charge in [0.15, 0.2) is 0 Å². The van der Waals surface area contributed by atoms with Crippen LogP contribution in [0.2, 0.25) is 0 Å². The largest absolute Gasteiger partial charge is 0.383 e. The van der Waals surface area contributed by atoms with Gasteiger partial charge in [-0.1, -0.05) is 13.3 Å². The van der Waals surface area contributed by atoms with Gasteiger partial charge in [0.1, 0.15) is 12.1 Å². The van der Waals surface area contributed by atoms with Gasteiger partial charge in [-0.15, -0.1) is 0 Å². The first-order valence-corrected chi connectivity index (χ1v) is 6.14. The molecule has 0 saturated carbocycles. The van der Waals surface area contributed by atoms with E-state index in [-0.39, 0.29) is 23.9 Å². The molecule has 0 aliphatic carbocycles. The summed E-state index contributed by atoms with van der Waals surface area (Å²) in [5, 5.41) is 2.77. The molecule has 1 rings (SSSR count). The molecule has 3 unspecified atom stereocenters. The molecule has 5 nitrogen and oxygen atoms in total. The second kappa shape index (κ2) is 6.00. The molecule has 1 heterocycles. The van der Waals surface area contributed by atoms with Crippen LogP contribution >= 0.6 is 0 Å². The van der Waals surface area contributed by atoms with Crippen LogP contribution in [-0.2, 0) is 14.3 Å². The minimum atomic E-state index is -0.416. The molecule has 1 aliphatic heterocycles. The van der Waals surface area contributed by atoms with Crippen LogP contribution < -0.4 is 5.32 Å². The first-order chi connectivity index (χ1) is 8.02. The maximum absolute atomic E-state index is 12.2. The Labute approximate surface area is 102 Å². The fraction of sp³-hybridized carbons (Fsp3) is 0.833. The second-order valence-electron chi connectivity index (χ2n) is 4.58. The zero-order valence-corrected chi connectivity index (χ0v) is 11.0. The van der Waals surface area contributed by atoms with Crippen molar-refractivity contribution in [2.75, 3.05) is 13.7 Å². The van der Waals surface area contributed by atoms with Gasteiger partial charge in [-0.25, -0.2) is 0 Å². The minimum absolute atomic E-state index is 0.00324. The van der Waals surface area contributed by atoms with Crippen molar-refractivity contribution in [3.05, 3.63) is 0 Å². The molecule has 1 fully saturated rings. The third-order valence-electron chi connectivity index (χ3n) is 3.13. The standard InChI is InChI=1S/C12H22N2O3/c1-5-6-10-12(16)14(8(2)7-17-4)9(3)11(15)13-10/h8-10H,5-7H2,1-4H3,(H,13,15). The van der Waals surface area contributed by atoms with E-state index < -0.39 is 6.04 Å². The van der Waals surface area contributed by atoms with E-state index in [1.54, 1.807) is 18.9 Å². The van der Waals surface area contributed by atoms with E-state index in [0.29, 0.717) is 13.0 Å². The number of piperazine rings is 1. The topological polar surface area (TPSA) is 58.6 Å². The molecule has 1 aliphatic rings. The van der Waals surface area contributed by atoms with E-state index in [9.17, 15) is 9.59 Å². The predicted octanol–water partition coefficient (Wildman–Crippen LogP) is 0.537. The van der Waals surface area contributed by atoms with Gasteiger partial charge in [0.2, 0.25) is 11.8 Å². The van der Waals surface area contributed by atoms with Crippen molar-refractivity contribution in [1.29, 1.82) is 0 Å². The molecular formula is C12H22N2O3. The van der Waals surface area contributed by atoms with Gasteiger partial charge in [0.05, 0.1) is 12.6 Å². The molecule has 17 heavy (non-hydrogen) atoms. The molecule has 0 spiro atoms. The Kier molecular flexibility index (Phi) is 4.93. The summed E-state index contributed by atoms with van der Waals surface area (Å²) in [6.07, 6.45) is 1.56. The smallest absolute Gasteiger partial charge is 0.246 e. The van der Waals surface area contributed by atoms with E-state index in [1.165, 1.54) is 0 Å². The molecule has 0 aromatic carbocycles. The van der Waals surface area contributed by atoms with Crippen LogP contribution in [0.15, 0.2) is 0 Å². The highest BCUT2D eigenvalue weighted by Crippen LogP contribution is 2.16. The van der Waals surface area contributed by atoms with Crippen molar-refractivity contribution in [2.45, 2.75) is 51.7 Å². The number of rotatable bonds is 5. The average molecular weight is 242 g/mol. The Morgan fingerprint density at radius 1 is 1.47 bits per heavy atom. The lowest BCUT2D eigenvalue weighted by atomic mass is 10.0. The predicted molar refractivity (Wildman–Crippen MR) is 64.5 cm³/mol. The number of carbonyl (C=O) groups is 2. The number of ether oxygens (including phenoxy) is 1. The normalized spacial score (nSPS) is 26.9. The van der Waals surface area contributed by atoms with Gasteiger partial charge in [0.25, 0.3) is 0 Å². The number of amides is 2. The molecule has 0 radical (unpaired) electrons. The van der Waals surface area contributed by atoms with Crippen LogP contribution in [0.25, 0.3) is 0 Å². The minimum Gasteiger partial charge on any atom is -0.383 e. The van der Waals surface area contributed by atoms with Gasteiger partial charge < -0.3 is 15.0 Å². The summed E-state index contributed by atoms with van der Waals surface area (Å²) < 4.78 is 5.06. The number of carbonyl (C=O) groups excluding carboxylic acids is 2. The first kappa shape index (κ1) is 14.0. The zero-order chi connectivity index (χ0) is 13.0. The highest BCUT2D eigenvalue weighted by molar-refractivity contribution is 5.96. The van der Waals surface area contributed by atoms with Crippen LogP contribution in [-0.4, -0.2) is 48.6 Å². The van der Waals surface area contributed by atoms with Crippen molar-refractivity contribution < 1.29 is 14.3 Å². The van der Waals surface area contributed by atoms with Crippen LogP contribution in [0.5, 0.6) is 0 Å². The van der Waals surface area contributed by atoms with Gasteiger partial charge in [-0.05, 0) is 20.3 Å². The van der Waals surface area contributed by atoms with E-state index in [4.69, 9.17) is 4.74 Å². The number of nitrogens with zero attached hydrogens (tertiary/aromatic N) is 1. The fourth-order valence-corrected chi connectivity index (χ4v) is 2.26. The van der Waals surface area contributed by atoms with Crippen LogP contribution in [0.4, 0.5) is 0 Å². The van der Waals surface area contributed by atoms with Crippen molar-refractivity contribution in [2.24, 2.45) is 0 Å². The zero-order valence-electron chi connectivity index (χ0n) is 11.0. The van der Waals surface area contributed by atoms with Crippen molar-refractivity contribution >= 4 is 11.8 Å². The van der Waals surface area contributed by atoms with E-state index in [0.717, 1.165) is 6.42 Å². The third-order valence-corrected chi connectivity index (χ3v) is 3.13. The molecule has 1 N–H and O–H groups in total. The second-order valence-corrected chi connectivity index (χ2v) is 4.58. The number of hydrogen-bond acceptors (Lipinski definition) is 3. The summed E-state index contributed by atoms with van der Waals surface area (Å²) in [5.74, 6) is -0.0745. The molecule has 0 aromatic rings. The summed E-state index contributed by atoms with van der Waals surface area (Å²) in [7, 11) is 1.60. The SMILES string of the molecule is CCCC1NC(=O)C(C)N(C(C)COC)C1=O. The highest BCUT2D eigenvalue weighted by Gasteiger charge is 2.39. The van der Waals surface area contributed by atoms with Gasteiger partial charge in [0, 0.05) is 7.11 Å². The van der Waals surface area contributed by atoms with Gasteiger partial charge in [-0.3, -0.25) is 9.59 Å². The number of methoxy groups -OCH3 is 1. The molecule has 0 aromatic heterocycles. The third kappa shape index (κ3) is 2.97. The molecule has 5 heteroatoms. The molecule has 1 saturated heterocycles. The summed E-state index contributed by atoms with van der Waals surface area (Å²) in [4.78, 5) is 25.7. The van der Waals surface area contributed by atoms with Crippen molar-refractivity contribution in [3.63, 3.8) is 0 Å². The molecule has 3 atom stereocenters. The quantitative estimate of drug-likeness (QED) is 0.765. The Hall–Kier alpha value is -1.10. The number of hydrogen-bond donors (Lipinski definition) is 1. The lowest BCUT2D eigenvalue weighted by Gasteiger charge is -2.40. The average Bonchev–Trinajstić information content (AvgIpc) is 2.27. The summed E-state index contributed by atoms with van der Waals surface area (Å²) in [6, 6.07) is -0.864. The van der Waals surface area contributed by atoms with E-state index >= 15 is 0 Å². The number of nitrogens with one attached hydrogen (secondary N) is 1. The Morgan fingerprint density at radius 3 is 2.65 bits per heavy atom. The molecule has 98 valence electrons. The van der Waals surface area contributed by atoms with Crippen LogP contribution in [0.3, 0.4) is 0 Å². The monoisotopic (exact) mass is 242 g/mol. The Bertz CT molecular complexity index is 293. The van der Waals surface area contributed by atoms with E-state index in [1.807, 2.05) is 13.8 Å². The molecular weight excluding hydrogens is 220 g/mol. The first-order valence-electron chi connectivity index (χ1n) is 6.14. The Balaban J connectivity index is 2.83. The van der Waals surface area contributed by atoms with Crippen LogP contribution in [0.1, 0.15) is 33.6 Å². The van der Waals surface area contributed by atoms with E-state index in [2.05, 4.69) is 5.32 Å². The lowest BCUT2D eigenvalue weighted by molar-refractivity contribution is -0.152. The summed E-state index contributed by atoms with van der Waals surface area (Å²) >= 11 is 0. The highest BCUT2D eigenvalue weighted by atomic mass is 16.5. The van der Waals surface area contributed by atoms with Crippen molar-refractivity contribution in [3.8, 4) is 0 Å². The summed E-state index contributed by atoms with van der Waals surface area (Å²) in [6.45, 7) is 6.10. The fourth-order valence-electron chi connectivity index (χ4n) is 2.26. The van der Waals surface area contributed by atoms with Gasteiger partial charge >= 0.3 is 0 Å². The Morgan fingerprint density at radius 2 is 2.12 bits per heavy atom. The maximum atomic E-state index is 12.2. The lowest BCUT2D eigenvalue weighted by Crippen LogP contribution is -2.64.